The molecular formula is C9H16N2OS. The van der Waals surface area contributed by atoms with E-state index in [-0.39, 0.29) is 22.2 Å². The number of carbonyl (C=O) groups is 1. The van der Waals surface area contributed by atoms with Gasteiger partial charge in [-0.3, -0.25) is 4.79 Å². The predicted molar refractivity (Wildman–Crippen MR) is 56.3 cm³/mol. The van der Waals surface area contributed by atoms with Gasteiger partial charge in [0.2, 0.25) is 5.91 Å². The first-order valence-electron chi connectivity index (χ1n) is 4.41. The van der Waals surface area contributed by atoms with Gasteiger partial charge < -0.3 is 10.6 Å². The van der Waals surface area contributed by atoms with Crippen LogP contribution in [0.2, 0.25) is 0 Å². The number of nitrogens with zero attached hydrogens (tertiary/aromatic N) is 1. The lowest BCUT2D eigenvalue weighted by molar-refractivity contribution is -0.143. The van der Waals surface area contributed by atoms with Crippen molar-refractivity contribution in [3.8, 4) is 0 Å². The molecule has 3 nitrogen and oxygen atoms in total. The van der Waals surface area contributed by atoms with E-state index in [1.807, 2.05) is 4.90 Å². The van der Waals surface area contributed by atoms with E-state index >= 15 is 0 Å². The Hall–Kier alpha value is -0.640. The molecule has 1 atom stereocenters. The minimum absolute atomic E-state index is 0.0619. The second-order valence-electron chi connectivity index (χ2n) is 4.48. The minimum atomic E-state index is -0.314. The van der Waals surface area contributed by atoms with Crippen LogP contribution in [0.5, 0.6) is 0 Å². The molecule has 0 bridgehead atoms. The summed E-state index contributed by atoms with van der Waals surface area (Å²) in [5.74, 6) is -0.252. The minimum Gasteiger partial charge on any atom is -0.393 e. The molecule has 1 aliphatic rings. The van der Waals surface area contributed by atoms with Crippen LogP contribution in [-0.2, 0) is 4.79 Å². The number of amides is 1. The van der Waals surface area contributed by atoms with Gasteiger partial charge in [0.05, 0.1) is 10.9 Å². The Bertz CT molecular complexity index is 242. The third-order valence-corrected chi connectivity index (χ3v) is 2.70. The van der Waals surface area contributed by atoms with Crippen molar-refractivity contribution in [2.75, 3.05) is 13.1 Å². The van der Waals surface area contributed by atoms with Crippen LogP contribution in [0.25, 0.3) is 0 Å². The Morgan fingerprint density at radius 3 is 2.31 bits per heavy atom. The maximum Gasteiger partial charge on any atom is 0.232 e. The zero-order valence-corrected chi connectivity index (χ0v) is 9.15. The molecular weight excluding hydrogens is 184 g/mol. The van der Waals surface area contributed by atoms with Gasteiger partial charge in [0, 0.05) is 13.1 Å². The van der Waals surface area contributed by atoms with E-state index in [0.29, 0.717) is 0 Å². The summed E-state index contributed by atoms with van der Waals surface area (Å²) < 4.78 is 0. The number of hydrogen-bond donors (Lipinski definition) is 1. The molecule has 1 aliphatic heterocycles. The average molecular weight is 200 g/mol. The molecule has 0 saturated carbocycles. The lowest BCUT2D eigenvalue weighted by Gasteiger charge is -2.46. The summed E-state index contributed by atoms with van der Waals surface area (Å²) in [6.45, 7) is 7.68. The van der Waals surface area contributed by atoms with E-state index in [1.165, 1.54) is 0 Å². The van der Waals surface area contributed by atoms with E-state index < -0.39 is 0 Å². The van der Waals surface area contributed by atoms with Gasteiger partial charge in [-0.05, 0) is 12.3 Å². The normalized spacial score (nSPS) is 21.9. The summed E-state index contributed by atoms with van der Waals surface area (Å²) in [7, 11) is 0. The fourth-order valence-electron chi connectivity index (χ4n) is 1.54. The largest absolute Gasteiger partial charge is 0.393 e. The molecule has 1 heterocycles. The van der Waals surface area contributed by atoms with E-state index in [9.17, 15) is 4.79 Å². The van der Waals surface area contributed by atoms with Crippen LogP contribution in [0.15, 0.2) is 0 Å². The van der Waals surface area contributed by atoms with Gasteiger partial charge in [0.25, 0.3) is 0 Å². The molecule has 0 spiro atoms. The van der Waals surface area contributed by atoms with Crippen LogP contribution in [0.1, 0.15) is 20.8 Å². The highest BCUT2D eigenvalue weighted by Gasteiger charge is 2.38. The zero-order chi connectivity index (χ0) is 10.2. The van der Waals surface area contributed by atoms with Crippen LogP contribution in [0.4, 0.5) is 0 Å². The van der Waals surface area contributed by atoms with Gasteiger partial charge in [-0.25, -0.2) is 0 Å². The van der Waals surface area contributed by atoms with E-state index in [0.717, 1.165) is 13.1 Å². The van der Waals surface area contributed by atoms with Crippen molar-refractivity contribution >= 4 is 23.1 Å². The van der Waals surface area contributed by atoms with Gasteiger partial charge in [0.15, 0.2) is 0 Å². The van der Waals surface area contributed by atoms with Gasteiger partial charge in [-0.1, -0.05) is 26.1 Å². The van der Waals surface area contributed by atoms with E-state index in [2.05, 4.69) is 13.8 Å². The number of rotatable bonds is 2. The maximum atomic E-state index is 11.6. The van der Waals surface area contributed by atoms with Crippen molar-refractivity contribution in [1.82, 2.24) is 4.90 Å². The number of likely N-dealkylation sites (tertiary alicyclic amines) is 1. The number of carbonyl (C=O) groups excluding carboxylic acids is 1. The molecule has 0 aromatic heterocycles. The highest BCUT2D eigenvalue weighted by molar-refractivity contribution is 7.80. The van der Waals surface area contributed by atoms with Gasteiger partial charge in [0.1, 0.15) is 0 Å². The van der Waals surface area contributed by atoms with E-state index in [1.54, 1.807) is 6.92 Å². The first-order chi connectivity index (χ1) is 5.83. The standard InChI is InChI=1S/C9H16N2OS/c1-6(7(10)13)8(12)11-4-9(2,3)5-11/h6H,4-5H2,1-3H3,(H2,10,13). The maximum absolute atomic E-state index is 11.6. The Morgan fingerprint density at radius 1 is 1.54 bits per heavy atom. The van der Waals surface area contributed by atoms with Crippen LogP contribution in [-0.4, -0.2) is 28.9 Å². The summed E-state index contributed by atoms with van der Waals surface area (Å²) >= 11 is 4.77. The number of hydrogen-bond acceptors (Lipinski definition) is 2. The monoisotopic (exact) mass is 200 g/mol. The molecule has 0 aromatic rings. The fraction of sp³-hybridized carbons (Fsp3) is 0.778. The topological polar surface area (TPSA) is 46.3 Å². The van der Waals surface area contributed by atoms with Crippen LogP contribution < -0.4 is 5.73 Å². The smallest absolute Gasteiger partial charge is 0.232 e. The quantitative estimate of drug-likeness (QED) is 0.670. The second-order valence-corrected chi connectivity index (χ2v) is 4.95. The molecule has 1 fully saturated rings. The molecule has 0 aromatic carbocycles. The molecule has 2 N–H and O–H groups in total. The lowest BCUT2D eigenvalue weighted by atomic mass is 9.83. The fourth-order valence-corrected chi connectivity index (χ4v) is 1.64. The molecule has 0 aliphatic carbocycles. The molecule has 0 radical (unpaired) electrons. The Labute approximate surface area is 84.3 Å². The molecule has 1 saturated heterocycles. The zero-order valence-electron chi connectivity index (χ0n) is 8.33. The van der Waals surface area contributed by atoms with Crippen molar-refractivity contribution in [2.24, 2.45) is 17.1 Å². The predicted octanol–water partition coefficient (Wildman–Crippen LogP) is 0.777. The average Bonchev–Trinajstić information content (AvgIpc) is 1.97. The van der Waals surface area contributed by atoms with E-state index in [4.69, 9.17) is 18.0 Å². The molecule has 1 rings (SSSR count). The summed E-state index contributed by atoms with van der Waals surface area (Å²) in [5, 5.41) is 0. The van der Waals surface area contributed by atoms with Crippen molar-refractivity contribution in [2.45, 2.75) is 20.8 Å². The Balaban J connectivity index is 2.48. The van der Waals surface area contributed by atoms with Crippen LogP contribution >= 0.6 is 12.2 Å². The van der Waals surface area contributed by atoms with Gasteiger partial charge >= 0.3 is 0 Å². The first kappa shape index (κ1) is 10.4. The SMILES string of the molecule is CC(C(=O)N1CC(C)(C)C1)C(N)=S. The Kier molecular flexibility index (Phi) is 2.61. The second kappa shape index (κ2) is 3.25. The van der Waals surface area contributed by atoms with Crippen molar-refractivity contribution in [3.63, 3.8) is 0 Å². The summed E-state index contributed by atoms with van der Waals surface area (Å²) in [4.78, 5) is 13.7. The third kappa shape index (κ3) is 2.18. The number of nitrogens with two attached hydrogens (primary N) is 1. The summed E-state index contributed by atoms with van der Waals surface area (Å²) in [6.07, 6.45) is 0. The summed E-state index contributed by atoms with van der Waals surface area (Å²) in [6, 6.07) is 0. The molecule has 4 heteroatoms. The number of thiocarbonyl (C=S) groups is 1. The Morgan fingerprint density at radius 2 is 2.00 bits per heavy atom. The first-order valence-corrected chi connectivity index (χ1v) is 4.82. The van der Waals surface area contributed by atoms with Crippen LogP contribution in [0, 0.1) is 11.3 Å². The third-order valence-electron chi connectivity index (χ3n) is 2.35. The highest BCUT2D eigenvalue weighted by Crippen LogP contribution is 2.29. The van der Waals surface area contributed by atoms with Gasteiger partial charge in [-0.2, -0.15) is 0 Å². The summed E-state index contributed by atoms with van der Waals surface area (Å²) in [5.41, 5.74) is 5.67. The molecule has 1 amide bonds. The highest BCUT2D eigenvalue weighted by atomic mass is 32.1. The van der Waals surface area contributed by atoms with Gasteiger partial charge in [-0.15, -0.1) is 0 Å². The van der Waals surface area contributed by atoms with Crippen molar-refractivity contribution < 1.29 is 4.79 Å². The lowest BCUT2D eigenvalue weighted by Crippen LogP contribution is -2.57. The molecule has 1 unspecified atom stereocenters. The van der Waals surface area contributed by atoms with Crippen LogP contribution in [0.3, 0.4) is 0 Å². The van der Waals surface area contributed by atoms with Crippen molar-refractivity contribution in [3.05, 3.63) is 0 Å². The molecule has 13 heavy (non-hydrogen) atoms. The van der Waals surface area contributed by atoms with Crippen molar-refractivity contribution in [1.29, 1.82) is 0 Å². The molecule has 74 valence electrons.